The largest absolute Gasteiger partial charge is 0.381 e. The molecule has 1 fully saturated rings. The first-order chi connectivity index (χ1) is 8.65. The van der Waals surface area contributed by atoms with Crippen LogP contribution < -0.4 is 5.32 Å². The van der Waals surface area contributed by atoms with Gasteiger partial charge in [0.25, 0.3) is 0 Å². The predicted molar refractivity (Wildman–Crippen MR) is 72.7 cm³/mol. The molecule has 0 unspecified atom stereocenters. The summed E-state index contributed by atoms with van der Waals surface area (Å²) in [7, 11) is 0. The van der Waals surface area contributed by atoms with Gasteiger partial charge in [-0.1, -0.05) is 17.7 Å². The van der Waals surface area contributed by atoms with Gasteiger partial charge in [-0.2, -0.15) is 0 Å². The van der Waals surface area contributed by atoms with Gasteiger partial charge in [0.15, 0.2) is 0 Å². The molecule has 1 aliphatic heterocycles. The normalized spacial score (nSPS) is 16.6. The molecule has 1 aromatic rings. The van der Waals surface area contributed by atoms with E-state index in [1.807, 2.05) is 19.1 Å². The Kier molecular flexibility index (Phi) is 4.37. The average Bonchev–Trinajstić information content (AvgIpc) is 2.34. The van der Waals surface area contributed by atoms with Gasteiger partial charge < -0.3 is 10.1 Å². The van der Waals surface area contributed by atoms with E-state index in [1.54, 1.807) is 0 Å². The quantitative estimate of drug-likeness (QED) is 0.891. The van der Waals surface area contributed by atoms with Crippen molar-refractivity contribution in [1.29, 1.82) is 0 Å². The summed E-state index contributed by atoms with van der Waals surface area (Å²) in [6.07, 6.45) is 2.61. The molecule has 1 amide bonds. The standard InChI is InChI=1S/C15H21NO2/c1-11-3-4-14(12(2)9-11)16-15(17)10-13-5-7-18-8-6-13/h3-4,9,13H,5-8,10H2,1-2H3,(H,16,17). The van der Waals surface area contributed by atoms with Gasteiger partial charge in [-0.25, -0.2) is 0 Å². The van der Waals surface area contributed by atoms with Crippen LogP contribution >= 0.6 is 0 Å². The van der Waals surface area contributed by atoms with Crippen molar-refractivity contribution in [2.24, 2.45) is 5.92 Å². The van der Waals surface area contributed by atoms with Gasteiger partial charge in [0, 0.05) is 25.3 Å². The molecule has 0 saturated carbocycles. The van der Waals surface area contributed by atoms with E-state index in [9.17, 15) is 4.79 Å². The van der Waals surface area contributed by atoms with Crippen LogP contribution in [0.25, 0.3) is 0 Å². The summed E-state index contributed by atoms with van der Waals surface area (Å²) in [5.41, 5.74) is 3.27. The van der Waals surface area contributed by atoms with Crippen molar-refractivity contribution < 1.29 is 9.53 Å². The Morgan fingerprint density at radius 1 is 1.33 bits per heavy atom. The molecule has 0 radical (unpaired) electrons. The predicted octanol–water partition coefficient (Wildman–Crippen LogP) is 3.06. The van der Waals surface area contributed by atoms with Crippen LogP contribution in [0.4, 0.5) is 5.69 Å². The molecule has 3 nitrogen and oxygen atoms in total. The number of hydrogen-bond donors (Lipinski definition) is 1. The minimum Gasteiger partial charge on any atom is -0.381 e. The van der Waals surface area contributed by atoms with E-state index in [2.05, 4.69) is 18.3 Å². The highest BCUT2D eigenvalue weighted by Gasteiger charge is 2.17. The zero-order valence-electron chi connectivity index (χ0n) is 11.2. The van der Waals surface area contributed by atoms with Crippen LogP contribution in [0.15, 0.2) is 18.2 Å². The van der Waals surface area contributed by atoms with Crippen molar-refractivity contribution in [3.05, 3.63) is 29.3 Å². The van der Waals surface area contributed by atoms with E-state index in [0.29, 0.717) is 12.3 Å². The summed E-state index contributed by atoms with van der Waals surface area (Å²) in [6, 6.07) is 6.09. The molecule has 98 valence electrons. The van der Waals surface area contributed by atoms with E-state index in [1.165, 1.54) is 5.56 Å². The van der Waals surface area contributed by atoms with Gasteiger partial charge in [0.1, 0.15) is 0 Å². The number of carbonyl (C=O) groups excluding carboxylic acids is 1. The maximum atomic E-state index is 12.0. The SMILES string of the molecule is Cc1ccc(NC(=O)CC2CCOCC2)c(C)c1. The molecule has 1 saturated heterocycles. The molecule has 1 aliphatic rings. The number of ether oxygens (including phenoxy) is 1. The highest BCUT2D eigenvalue weighted by molar-refractivity contribution is 5.91. The fourth-order valence-electron chi connectivity index (χ4n) is 2.37. The lowest BCUT2D eigenvalue weighted by Gasteiger charge is -2.21. The number of anilines is 1. The van der Waals surface area contributed by atoms with E-state index in [4.69, 9.17) is 4.74 Å². The van der Waals surface area contributed by atoms with Gasteiger partial charge in [-0.15, -0.1) is 0 Å². The molecular formula is C15H21NO2. The molecule has 0 aliphatic carbocycles. The van der Waals surface area contributed by atoms with Gasteiger partial charge in [0.05, 0.1) is 0 Å². The van der Waals surface area contributed by atoms with E-state index in [0.717, 1.165) is 37.3 Å². The third-order valence-corrected chi connectivity index (χ3v) is 3.47. The van der Waals surface area contributed by atoms with Gasteiger partial charge in [-0.05, 0) is 44.2 Å². The maximum Gasteiger partial charge on any atom is 0.224 e. The van der Waals surface area contributed by atoms with Crippen LogP contribution in [0.1, 0.15) is 30.4 Å². The second kappa shape index (κ2) is 6.01. The molecule has 18 heavy (non-hydrogen) atoms. The summed E-state index contributed by atoms with van der Waals surface area (Å²) >= 11 is 0. The van der Waals surface area contributed by atoms with Crippen molar-refractivity contribution in [3.8, 4) is 0 Å². The number of carbonyl (C=O) groups is 1. The Hall–Kier alpha value is -1.35. The molecule has 1 heterocycles. The molecule has 0 spiro atoms. The fourth-order valence-corrected chi connectivity index (χ4v) is 2.37. The van der Waals surface area contributed by atoms with Gasteiger partial charge in [0.2, 0.25) is 5.91 Å². The van der Waals surface area contributed by atoms with Gasteiger partial charge in [-0.3, -0.25) is 4.79 Å². The molecule has 1 N–H and O–H groups in total. The van der Waals surface area contributed by atoms with E-state index >= 15 is 0 Å². The lowest BCUT2D eigenvalue weighted by molar-refractivity contribution is -0.117. The maximum absolute atomic E-state index is 12.0. The minimum atomic E-state index is 0.119. The third-order valence-electron chi connectivity index (χ3n) is 3.47. The molecular weight excluding hydrogens is 226 g/mol. The number of hydrogen-bond acceptors (Lipinski definition) is 2. The summed E-state index contributed by atoms with van der Waals surface area (Å²) in [5, 5.41) is 3.00. The lowest BCUT2D eigenvalue weighted by Crippen LogP contribution is -2.22. The summed E-state index contributed by atoms with van der Waals surface area (Å²) in [6.45, 7) is 5.67. The Labute approximate surface area is 109 Å². The Morgan fingerprint density at radius 3 is 2.72 bits per heavy atom. The molecule has 0 aromatic heterocycles. The van der Waals surface area contributed by atoms with Crippen LogP contribution in [0, 0.1) is 19.8 Å². The number of aryl methyl sites for hydroxylation is 2. The Balaban J connectivity index is 1.90. The van der Waals surface area contributed by atoms with Gasteiger partial charge >= 0.3 is 0 Å². The smallest absolute Gasteiger partial charge is 0.224 e. The Morgan fingerprint density at radius 2 is 2.06 bits per heavy atom. The molecule has 1 aromatic carbocycles. The summed E-state index contributed by atoms with van der Waals surface area (Å²) in [4.78, 5) is 12.0. The van der Waals surface area contributed by atoms with Crippen molar-refractivity contribution >= 4 is 11.6 Å². The van der Waals surface area contributed by atoms with Crippen molar-refractivity contribution in [3.63, 3.8) is 0 Å². The average molecular weight is 247 g/mol. The van der Waals surface area contributed by atoms with Crippen LogP contribution in [-0.2, 0) is 9.53 Å². The number of rotatable bonds is 3. The topological polar surface area (TPSA) is 38.3 Å². The van der Waals surface area contributed by atoms with Crippen molar-refractivity contribution in [2.75, 3.05) is 18.5 Å². The van der Waals surface area contributed by atoms with Crippen LogP contribution in [0.3, 0.4) is 0 Å². The third kappa shape index (κ3) is 3.57. The first-order valence-corrected chi connectivity index (χ1v) is 6.60. The molecule has 3 heteroatoms. The van der Waals surface area contributed by atoms with Crippen molar-refractivity contribution in [1.82, 2.24) is 0 Å². The first-order valence-electron chi connectivity index (χ1n) is 6.60. The molecule has 2 rings (SSSR count). The highest BCUT2D eigenvalue weighted by Crippen LogP contribution is 2.21. The molecule has 0 atom stereocenters. The van der Waals surface area contributed by atoms with Crippen LogP contribution in [-0.4, -0.2) is 19.1 Å². The van der Waals surface area contributed by atoms with E-state index in [-0.39, 0.29) is 5.91 Å². The first kappa shape index (κ1) is 13.1. The summed E-state index contributed by atoms with van der Waals surface area (Å²) < 4.78 is 5.30. The highest BCUT2D eigenvalue weighted by atomic mass is 16.5. The van der Waals surface area contributed by atoms with Crippen LogP contribution in [0.2, 0.25) is 0 Å². The van der Waals surface area contributed by atoms with Crippen LogP contribution in [0.5, 0.6) is 0 Å². The zero-order chi connectivity index (χ0) is 13.0. The minimum absolute atomic E-state index is 0.119. The fraction of sp³-hybridized carbons (Fsp3) is 0.533. The second-order valence-corrected chi connectivity index (χ2v) is 5.13. The zero-order valence-corrected chi connectivity index (χ0v) is 11.2. The molecule has 0 bridgehead atoms. The van der Waals surface area contributed by atoms with Crippen molar-refractivity contribution in [2.45, 2.75) is 33.1 Å². The summed E-state index contributed by atoms with van der Waals surface area (Å²) in [5.74, 6) is 0.596. The number of benzene rings is 1. The lowest BCUT2D eigenvalue weighted by atomic mass is 9.96. The second-order valence-electron chi connectivity index (χ2n) is 5.13. The Bertz CT molecular complexity index is 423. The number of amides is 1. The number of nitrogens with one attached hydrogen (secondary N) is 1. The monoisotopic (exact) mass is 247 g/mol. The van der Waals surface area contributed by atoms with E-state index < -0.39 is 0 Å².